The van der Waals surface area contributed by atoms with Crippen LogP contribution in [-0.4, -0.2) is 47.3 Å². The van der Waals surface area contributed by atoms with Crippen LogP contribution in [0.5, 0.6) is 5.75 Å². The van der Waals surface area contributed by atoms with E-state index in [2.05, 4.69) is 34.7 Å². The van der Waals surface area contributed by atoms with Crippen LogP contribution in [-0.2, 0) is 0 Å². The molecular formula is C30H33ClN2O2. The van der Waals surface area contributed by atoms with Gasteiger partial charge in [-0.3, -0.25) is 4.90 Å². The fraction of sp³-hybridized carbons (Fsp3) is 0.367. The zero-order valence-corrected chi connectivity index (χ0v) is 21.1. The van der Waals surface area contributed by atoms with Crippen molar-refractivity contribution in [3.63, 3.8) is 0 Å². The monoisotopic (exact) mass is 488 g/mol. The number of ether oxygens (including phenoxy) is 1. The minimum atomic E-state index is 0.223. The topological polar surface area (TPSA) is 45.6 Å². The van der Waals surface area contributed by atoms with Gasteiger partial charge >= 0.3 is 0 Å². The third-order valence-corrected chi connectivity index (χ3v) is 6.78. The summed E-state index contributed by atoms with van der Waals surface area (Å²) in [5, 5.41) is 10.1. The summed E-state index contributed by atoms with van der Waals surface area (Å²) in [5.41, 5.74) is 4.86. The van der Waals surface area contributed by atoms with E-state index in [4.69, 9.17) is 16.3 Å². The van der Waals surface area contributed by atoms with Crippen LogP contribution in [0.1, 0.15) is 48.9 Å². The number of rotatable bonds is 9. The van der Waals surface area contributed by atoms with Gasteiger partial charge in [0.2, 0.25) is 0 Å². The van der Waals surface area contributed by atoms with Crippen molar-refractivity contribution in [2.24, 2.45) is 0 Å². The molecule has 5 heteroatoms. The molecule has 182 valence electrons. The molecule has 4 rings (SSSR count). The van der Waals surface area contributed by atoms with Crippen LogP contribution in [0.4, 0.5) is 0 Å². The van der Waals surface area contributed by atoms with Crippen LogP contribution in [0.25, 0.3) is 11.1 Å². The molecule has 2 aromatic carbocycles. The van der Waals surface area contributed by atoms with Gasteiger partial charge in [-0.15, -0.1) is 0 Å². The number of hydrogen-bond donors (Lipinski definition) is 1. The molecule has 3 aromatic rings. The minimum absolute atomic E-state index is 0.223. The molecule has 0 aliphatic heterocycles. The molecule has 0 atom stereocenters. The molecular weight excluding hydrogens is 456 g/mol. The Kier molecular flexibility index (Phi) is 9.20. The quantitative estimate of drug-likeness (QED) is 0.291. The molecule has 0 unspecified atom stereocenters. The molecule has 0 spiro atoms. The highest BCUT2D eigenvalue weighted by molar-refractivity contribution is 6.30. The lowest BCUT2D eigenvalue weighted by Crippen LogP contribution is -2.36. The molecule has 0 saturated heterocycles. The number of hydrogen-bond acceptors (Lipinski definition) is 4. The van der Waals surface area contributed by atoms with Crippen LogP contribution in [0.3, 0.4) is 0 Å². The summed E-state index contributed by atoms with van der Waals surface area (Å²) >= 11 is 5.97. The van der Waals surface area contributed by atoms with Gasteiger partial charge in [-0.05, 0) is 79.6 Å². The summed E-state index contributed by atoms with van der Waals surface area (Å²) < 4.78 is 6.05. The number of halogens is 1. The molecule has 1 aromatic heterocycles. The normalized spacial score (nSPS) is 13.6. The molecule has 1 heterocycles. The first-order chi connectivity index (χ1) is 17.1. The van der Waals surface area contributed by atoms with Gasteiger partial charge in [-0.2, -0.15) is 0 Å². The third-order valence-electron chi connectivity index (χ3n) is 6.53. The first-order valence-electron chi connectivity index (χ1n) is 12.4. The lowest BCUT2D eigenvalue weighted by atomic mass is 10.1. The van der Waals surface area contributed by atoms with Crippen molar-refractivity contribution in [3.05, 3.63) is 82.6 Å². The van der Waals surface area contributed by atoms with E-state index in [-0.39, 0.29) is 6.61 Å². The predicted octanol–water partition coefficient (Wildman–Crippen LogP) is 6.12. The Morgan fingerprint density at radius 2 is 1.77 bits per heavy atom. The Bertz CT molecular complexity index is 1140. The number of benzene rings is 2. The fourth-order valence-electron chi connectivity index (χ4n) is 4.63. The first-order valence-corrected chi connectivity index (χ1v) is 12.8. The molecule has 1 aliphatic carbocycles. The average molecular weight is 489 g/mol. The predicted molar refractivity (Wildman–Crippen MR) is 143 cm³/mol. The zero-order chi connectivity index (χ0) is 24.5. The van der Waals surface area contributed by atoms with E-state index in [9.17, 15) is 5.11 Å². The smallest absolute Gasteiger partial charge is 0.122 e. The van der Waals surface area contributed by atoms with E-state index in [1.807, 2.05) is 54.7 Å². The van der Waals surface area contributed by atoms with Crippen LogP contribution in [0, 0.1) is 18.8 Å². The molecule has 1 N–H and O–H groups in total. The van der Waals surface area contributed by atoms with Crippen molar-refractivity contribution in [1.82, 2.24) is 9.88 Å². The summed E-state index contributed by atoms with van der Waals surface area (Å²) in [6.07, 6.45) is 7.92. The molecule has 1 fully saturated rings. The molecule has 0 bridgehead atoms. The molecule has 0 radical (unpaired) electrons. The molecule has 0 amide bonds. The molecule has 4 nitrogen and oxygen atoms in total. The second-order valence-electron chi connectivity index (χ2n) is 9.07. The number of aryl methyl sites for hydroxylation is 1. The van der Waals surface area contributed by atoms with Gasteiger partial charge in [0, 0.05) is 41.5 Å². The van der Waals surface area contributed by atoms with Crippen molar-refractivity contribution < 1.29 is 9.84 Å². The van der Waals surface area contributed by atoms with E-state index in [1.165, 1.54) is 25.7 Å². The highest BCUT2D eigenvalue weighted by Crippen LogP contribution is 2.24. The number of aliphatic hydroxyl groups excluding tert-OH is 1. The van der Waals surface area contributed by atoms with E-state index >= 15 is 0 Å². The first kappa shape index (κ1) is 25.3. The zero-order valence-electron chi connectivity index (χ0n) is 20.3. The van der Waals surface area contributed by atoms with E-state index in [1.54, 1.807) is 0 Å². The van der Waals surface area contributed by atoms with Crippen molar-refractivity contribution in [2.75, 3.05) is 26.3 Å². The van der Waals surface area contributed by atoms with Crippen LogP contribution in [0.15, 0.2) is 60.8 Å². The van der Waals surface area contributed by atoms with Gasteiger partial charge in [0.1, 0.15) is 11.4 Å². The number of nitrogens with zero attached hydrogens (tertiary/aromatic N) is 2. The Hall–Kier alpha value is -2.84. The Labute approximate surface area is 213 Å². The average Bonchev–Trinajstić information content (AvgIpc) is 3.41. The van der Waals surface area contributed by atoms with Gasteiger partial charge in [0.25, 0.3) is 0 Å². The summed E-state index contributed by atoms with van der Waals surface area (Å²) in [6, 6.07) is 18.4. The summed E-state index contributed by atoms with van der Waals surface area (Å²) in [7, 11) is 0. The van der Waals surface area contributed by atoms with Crippen LogP contribution < -0.4 is 4.74 Å². The number of pyridine rings is 1. The number of aliphatic hydroxyl groups is 1. The Balaban J connectivity index is 1.29. The van der Waals surface area contributed by atoms with Gasteiger partial charge in [0.05, 0.1) is 13.2 Å². The van der Waals surface area contributed by atoms with Crippen molar-refractivity contribution in [3.8, 4) is 28.7 Å². The third kappa shape index (κ3) is 7.32. The highest BCUT2D eigenvalue weighted by atomic mass is 35.5. The van der Waals surface area contributed by atoms with Gasteiger partial charge in [0.15, 0.2) is 0 Å². The second kappa shape index (κ2) is 12.7. The minimum Gasteiger partial charge on any atom is -0.493 e. The summed E-state index contributed by atoms with van der Waals surface area (Å²) in [5.74, 6) is 7.26. The molecule has 1 aliphatic rings. The summed E-state index contributed by atoms with van der Waals surface area (Å²) in [6.45, 7) is 4.68. The van der Waals surface area contributed by atoms with Crippen molar-refractivity contribution in [2.45, 2.75) is 45.1 Å². The maximum atomic E-state index is 9.39. The fourth-order valence-corrected chi connectivity index (χ4v) is 4.76. The van der Waals surface area contributed by atoms with E-state index in [0.29, 0.717) is 12.6 Å². The maximum Gasteiger partial charge on any atom is 0.122 e. The Morgan fingerprint density at radius 3 is 2.46 bits per heavy atom. The largest absolute Gasteiger partial charge is 0.493 e. The summed E-state index contributed by atoms with van der Waals surface area (Å²) in [4.78, 5) is 6.92. The maximum absolute atomic E-state index is 9.39. The number of aromatic nitrogens is 1. The van der Waals surface area contributed by atoms with E-state index < -0.39 is 0 Å². The van der Waals surface area contributed by atoms with Crippen LogP contribution in [0.2, 0.25) is 5.02 Å². The standard InChI is InChI=1S/C30H33ClN2O2/c1-23-21-24(7-14-28-15-11-26(22-32-28)25-9-12-27(31)13-10-25)8-16-30(23)35-20-4-17-33(18-19-34)29-5-2-3-6-29/h8-13,15-16,21-22,29,34H,2-6,17-20H2,1H3. The van der Waals surface area contributed by atoms with Gasteiger partial charge in [-0.1, -0.05) is 48.6 Å². The Morgan fingerprint density at radius 1 is 1.00 bits per heavy atom. The van der Waals surface area contributed by atoms with Gasteiger partial charge < -0.3 is 9.84 Å². The highest BCUT2D eigenvalue weighted by Gasteiger charge is 2.21. The van der Waals surface area contributed by atoms with Crippen LogP contribution >= 0.6 is 11.6 Å². The van der Waals surface area contributed by atoms with Gasteiger partial charge in [-0.25, -0.2) is 4.98 Å². The molecule has 1 saturated carbocycles. The second-order valence-corrected chi connectivity index (χ2v) is 9.51. The van der Waals surface area contributed by atoms with Crippen molar-refractivity contribution >= 4 is 11.6 Å². The lowest BCUT2D eigenvalue weighted by molar-refractivity contribution is 0.142. The van der Waals surface area contributed by atoms with E-state index in [0.717, 1.165) is 58.2 Å². The van der Waals surface area contributed by atoms with Crippen molar-refractivity contribution in [1.29, 1.82) is 0 Å². The SMILES string of the molecule is Cc1cc(C#Cc2ccc(-c3ccc(Cl)cc3)cn2)ccc1OCCCN(CCO)C1CCCC1. The lowest BCUT2D eigenvalue weighted by Gasteiger charge is -2.28. The molecule has 35 heavy (non-hydrogen) atoms.